The van der Waals surface area contributed by atoms with Gasteiger partial charge in [-0.1, -0.05) is 42.5 Å². The van der Waals surface area contributed by atoms with Crippen molar-refractivity contribution in [1.82, 2.24) is 10.0 Å². The molecule has 0 spiro atoms. The maximum atomic E-state index is 13.2. The van der Waals surface area contributed by atoms with Crippen LogP contribution in [0.1, 0.15) is 5.56 Å². The van der Waals surface area contributed by atoms with Gasteiger partial charge in [0.2, 0.25) is 10.0 Å². The largest absolute Gasteiger partial charge is 0.484 e. The van der Waals surface area contributed by atoms with E-state index in [-0.39, 0.29) is 43.0 Å². The Morgan fingerprint density at radius 1 is 1.00 bits per heavy atom. The van der Waals surface area contributed by atoms with Gasteiger partial charge in [0.1, 0.15) is 11.5 Å². The summed E-state index contributed by atoms with van der Waals surface area (Å²) >= 11 is 0. The van der Waals surface area contributed by atoms with Crippen LogP contribution in [-0.2, 0) is 30.9 Å². The lowest BCUT2D eigenvalue weighted by Gasteiger charge is -2.34. The van der Waals surface area contributed by atoms with E-state index >= 15 is 0 Å². The minimum absolute atomic E-state index is 0.0180. The molecular weight excluding hydrogens is 510 g/mol. The van der Waals surface area contributed by atoms with Crippen LogP contribution < -0.4 is 24.4 Å². The van der Waals surface area contributed by atoms with Gasteiger partial charge in [-0.05, 0) is 42.0 Å². The van der Waals surface area contributed by atoms with Crippen molar-refractivity contribution >= 4 is 27.5 Å². The van der Waals surface area contributed by atoms with Crippen molar-refractivity contribution in [2.24, 2.45) is 0 Å². The van der Waals surface area contributed by atoms with Gasteiger partial charge < -0.3 is 24.4 Å². The van der Waals surface area contributed by atoms with Crippen molar-refractivity contribution < 1.29 is 32.2 Å². The summed E-state index contributed by atoms with van der Waals surface area (Å²) in [5, 5.41) is 2.86. The van der Waals surface area contributed by atoms with E-state index in [0.29, 0.717) is 23.7 Å². The Hall–Kier alpha value is -3.93. The molecule has 2 N–H and O–H groups in total. The van der Waals surface area contributed by atoms with Gasteiger partial charge in [0.05, 0.1) is 23.7 Å². The number of nitrogens with one attached hydrogen (secondary N) is 2. The fraction of sp³-hybridized carbons (Fsp3) is 0.259. The molecule has 0 bridgehead atoms. The predicted molar refractivity (Wildman–Crippen MR) is 141 cm³/mol. The molecule has 3 aromatic rings. The second kappa shape index (κ2) is 12.5. The Bertz CT molecular complexity index is 1350. The Kier molecular flexibility index (Phi) is 8.95. The monoisotopic (exact) mass is 539 g/mol. The van der Waals surface area contributed by atoms with Crippen LogP contribution >= 0.6 is 0 Å². The summed E-state index contributed by atoms with van der Waals surface area (Å²) in [6.07, 6.45) is -0.896. The van der Waals surface area contributed by atoms with Crippen LogP contribution in [0.5, 0.6) is 11.5 Å². The van der Waals surface area contributed by atoms with Gasteiger partial charge in [-0.3, -0.25) is 9.59 Å². The fourth-order valence-corrected chi connectivity index (χ4v) is 4.82. The Balaban J connectivity index is 1.38. The molecule has 4 rings (SSSR count). The van der Waals surface area contributed by atoms with Crippen LogP contribution in [0.2, 0.25) is 0 Å². The predicted octanol–water partition coefficient (Wildman–Crippen LogP) is 2.10. The van der Waals surface area contributed by atoms with Gasteiger partial charge in [-0.15, -0.1) is 0 Å². The maximum Gasteiger partial charge on any atom is 0.265 e. The maximum absolute atomic E-state index is 13.2. The molecule has 10 nitrogen and oxygen atoms in total. The number of benzene rings is 3. The third-order valence-corrected chi connectivity index (χ3v) is 7.25. The van der Waals surface area contributed by atoms with E-state index in [0.717, 1.165) is 5.56 Å². The number of carbonyl (C=O) groups excluding carboxylic acids is 2. The van der Waals surface area contributed by atoms with Gasteiger partial charge in [0, 0.05) is 20.2 Å². The van der Waals surface area contributed by atoms with Crippen molar-refractivity contribution in [3.8, 4) is 11.5 Å². The number of ether oxygens (including phenoxy) is 3. The van der Waals surface area contributed by atoms with Crippen LogP contribution in [0.4, 0.5) is 5.69 Å². The molecule has 2 amide bonds. The van der Waals surface area contributed by atoms with E-state index in [2.05, 4.69) is 10.0 Å². The second-order valence-corrected chi connectivity index (χ2v) is 10.2. The first kappa shape index (κ1) is 27.1. The summed E-state index contributed by atoms with van der Waals surface area (Å²) < 4.78 is 43.4. The van der Waals surface area contributed by atoms with E-state index in [4.69, 9.17) is 14.2 Å². The lowest BCUT2D eigenvalue weighted by atomic mass is 10.1. The highest BCUT2D eigenvalue weighted by atomic mass is 32.2. The summed E-state index contributed by atoms with van der Waals surface area (Å²) in [7, 11) is -2.20. The van der Waals surface area contributed by atoms with Gasteiger partial charge in [0.15, 0.2) is 12.7 Å². The molecule has 0 radical (unpaired) electrons. The fourth-order valence-electron chi connectivity index (χ4n) is 3.81. The minimum Gasteiger partial charge on any atom is -0.484 e. The Labute approximate surface area is 221 Å². The molecule has 11 heteroatoms. The van der Waals surface area contributed by atoms with Gasteiger partial charge in [-0.2, -0.15) is 0 Å². The first-order chi connectivity index (χ1) is 18.4. The van der Waals surface area contributed by atoms with E-state index < -0.39 is 16.1 Å². The number of hydrogen-bond donors (Lipinski definition) is 2. The lowest BCUT2D eigenvalue weighted by molar-refractivity contribution is -0.128. The number of anilines is 1. The molecule has 0 fully saturated rings. The minimum atomic E-state index is -3.68. The number of para-hydroxylation sites is 2. The standard InChI is InChI=1S/C27H29N3O7S/c1-35-16-15-29-38(33,34)22-13-11-21(12-14-22)36-19-26(31)30-18-25(37-24-10-6-5-9-23(24)30)27(32)28-17-20-7-3-2-4-8-20/h2-14,25,29H,15-19H2,1H3,(H,28,32)/t25-/m1/s1. The van der Waals surface area contributed by atoms with E-state index in [9.17, 15) is 18.0 Å². The highest BCUT2D eigenvalue weighted by molar-refractivity contribution is 7.89. The molecule has 1 atom stereocenters. The summed E-state index contributed by atoms with van der Waals surface area (Å²) in [6.45, 7) is 0.446. The van der Waals surface area contributed by atoms with Crippen molar-refractivity contribution in [3.05, 3.63) is 84.4 Å². The number of rotatable bonds is 11. The van der Waals surface area contributed by atoms with E-state index in [1.54, 1.807) is 24.3 Å². The second-order valence-electron chi connectivity index (χ2n) is 8.43. The first-order valence-corrected chi connectivity index (χ1v) is 13.4. The average molecular weight is 540 g/mol. The quantitative estimate of drug-likeness (QED) is 0.358. The third-order valence-electron chi connectivity index (χ3n) is 5.77. The number of hydrogen-bond acceptors (Lipinski definition) is 7. The molecular formula is C27H29N3O7S. The zero-order valence-corrected chi connectivity index (χ0v) is 21.6. The molecule has 0 saturated heterocycles. The molecule has 0 unspecified atom stereocenters. The van der Waals surface area contributed by atoms with Crippen LogP contribution in [-0.4, -0.2) is 59.7 Å². The highest BCUT2D eigenvalue weighted by Crippen LogP contribution is 2.33. The lowest BCUT2D eigenvalue weighted by Crippen LogP contribution is -2.51. The molecule has 0 aromatic heterocycles. The molecule has 1 aliphatic heterocycles. The van der Waals surface area contributed by atoms with Crippen LogP contribution in [0.25, 0.3) is 0 Å². The Morgan fingerprint density at radius 2 is 1.71 bits per heavy atom. The topological polar surface area (TPSA) is 123 Å². The number of amides is 2. The molecule has 38 heavy (non-hydrogen) atoms. The normalized spacial score (nSPS) is 14.8. The van der Waals surface area contributed by atoms with Crippen LogP contribution in [0.15, 0.2) is 83.8 Å². The van der Waals surface area contributed by atoms with Gasteiger partial charge in [0.25, 0.3) is 11.8 Å². The van der Waals surface area contributed by atoms with Crippen LogP contribution in [0, 0.1) is 0 Å². The number of nitrogens with zero attached hydrogens (tertiary/aromatic N) is 1. The molecule has 0 aliphatic carbocycles. The van der Waals surface area contributed by atoms with Gasteiger partial charge in [-0.25, -0.2) is 13.1 Å². The Morgan fingerprint density at radius 3 is 2.45 bits per heavy atom. The van der Waals surface area contributed by atoms with Crippen molar-refractivity contribution in [2.75, 3.05) is 38.3 Å². The molecule has 1 heterocycles. The summed E-state index contributed by atoms with van der Waals surface area (Å²) in [6, 6.07) is 22.2. The number of methoxy groups -OCH3 is 1. The zero-order valence-electron chi connectivity index (χ0n) is 20.8. The summed E-state index contributed by atoms with van der Waals surface area (Å²) in [5.74, 6) is 0.0351. The van der Waals surface area contributed by atoms with Crippen molar-refractivity contribution in [3.63, 3.8) is 0 Å². The number of fused-ring (bicyclic) bond motifs is 1. The summed E-state index contributed by atoms with van der Waals surface area (Å²) in [5.41, 5.74) is 1.49. The number of carbonyl (C=O) groups is 2. The first-order valence-electron chi connectivity index (χ1n) is 12.0. The third kappa shape index (κ3) is 6.88. The zero-order chi connectivity index (χ0) is 27.0. The highest BCUT2D eigenvalue weighted by Gasteiger charge is 2.33. The van der Waals surface area contributed by atoms with Gasteiger partial charge >= 0.3 is 0 Å². The molecule has 0 saturated carbocycles. The van der Waals surface area contributed by atoms with Crippen molar-refractivity contribution in [2.45, 2.75) is 17.5 Å². The van der Waals surface area contributed by atoms with Crippen LogP contribution in [0.3, 0.4) is 0 Å². The molecule has 1 aliphatic rings. The van der Waals surface area contributed by atoms with Crippen molar-refractivity contribution in [1.29, 1.82) is 0 Å². The average Bonchev–Trinajstić information content (AvgIpc) is 2.95. The summed E-state index contributed by atoms with van der Waals surface area (Å²) in [4.78, 5) is 27.5. The molecule has 3 aromatic carbocycles. The molecule has 200 valence electrons. The van der Waals surface area contributed by atoms with E-state index in [1.807, 2.05) is 30.3 Å². The SMILES string of the molecule is COCCNS(=O)(=O)c1ccc(OCC(=O)N2C[C@H](C(=O)NCc3ccccc3)Oc3ccccc32)cc1. The smallest absolute Gasteiger partial charge is 0.265 e. The number of sulfonamides is 1. The van der Waals surface area contributed by atoms with E-state index in [1.165, 1.54) is 36.3 Å².